The molecule has 37 heavy (non-hydrogen) atoms. The molecule has 0 aliphatic heterocycles. The van der Waals surface area contributed by atoms with Crippen molar-refractivity contribution < 1.29 is 23.8 Å². The van der Waals surface area contributed by atoms with Gasteiger partial charge in [0.1, 0.15) is 17.4 Å². The van der Waals surface area contributed by atoms with Gasteiger partial charge in [0.15, 0.2) is 18.1 Å². The number of benzene rings is 3. The van der Waals surface area contributed by atoms with E-state index in [4.69, 9.17) is 14.2 Å². The number of carbonyl (C=O) groups is 2. The normalized spacial score (nSPS) is 10.7. The van der Waals surface area contributed by atoms with Gasteiger partial charge in [-0.05, 0) is 73.9 Å². The molecule has 0 aliphatic carbocycles. The first-order chi connectivity index (χ1) is 17.8. The van der Waals surface area contributed by atoms with Gasteiger partial charge in [0, 0.05) is 5.69 Å². The molecule has 0 saturated carbocycles. The molecule has 3 rings (SSSR count). The van der Waals surface area contributed by atoms with Crippen molar-refractivity contribution in [2.24, 2.45) is 0 Å². The van der Waals surface area contributed by atoms with Gasteiger partial charge in [-0.1, -0.05) is 30.3 Å². The van der Waals surface area contributed by atoms with Gasteiger partial charge in [-0.2, -0.15) is 5.26 Å². The maximum Gasteiger partial charge on any atom is 0.266 e. The van der Waals surface area contributed by atoms with Crippen LogP contribution in [-0.4, -0.2) is 32.1 Å². The standard InChI is InChI=1S/C29H29N3O5/c1-5-36-27-16-21(15-22(17-30)29(34)32-24-14-19(2)10-11-20(24)3)12-13-26(27)37-18-28(33)31-23-8-6-7-9-25(23)35-4/h6-16H,5,18H2,1-4H3,(H,31,33)(H,32,34)/b22-15-. The van der Waals surface area contributed by atoms with Crippen molar-refractivity contribution >= 4 is 29.3 Å². The molecule has 0 saturated heterocycles. The quantitative estimate of drug-likeness (QED) is 0.290. The Balaban J connectivity index is 1.73. The molecule has 2 N–H and O–H groups in total. The van der Waals surface area contributed by atoms with E-state index in [9.17, 15) is 14.9 Å². The molecule has 0 aliphatic rings. The Labute approximate surface area is 216 Å². The fourth-order valence-corrected chi connectivity index (χ4v) is 3.45. The highest BCUT2D eigenvalue weighted by Gasteiger charge is 2.14. The van der Waals surface area contributed by atoms with Crippen LogP contribution >= 0.6 is 0 Å². The van der Waals surface area contributed by atoms with E-state index in [1.165, 1.54) is 13.2 Å². The fourth-order valence-electron chi connectivity index (χ4n) is 3.45. The topological polar surface area (TPSA) is 110 Å². The third kappa shape index (κ3) is 7.36. The van der Waals surface area contributed by atoms with Crippen LogP contribution in [-0.2, 0) is 9.59 Å². The largest absolute Gasteiger partial charge is 0.495 e. The fraction of sp³-hybridized carbons (Fsp3) is 0.207. The SMILES string of the molecule is CCOc1cc(/C=C(/C#N)C(=O)Nc2cc(C)ccc2C)ccc1OCC(=O)Nc1ccccc1OC. The summed E-state index contributed by atoms with van der Waals surface area (Å²) in [6.07, 6.45) is 1.47. The van der Waals surface area contributed by atoms with Crippen LogP contribution in [0, 0.1) is 25.2 Å². The number of nitrogens with one attached hydrogen (secondary N) is 2. The van der Waals surface area contributed by atoms with Crippen LogP contribution in [0.25, 0.3) is 6.08 Å². The van der Waals surface area contributed by atoms with Crippen LogP contribution in [0.15, 0.2) is 66.2 Å². The molecular formula is C29H29N3O5. The van der Waals surface area contributed by atoms with Gasteiger partial charge in [-0.15, -0.1) is 0 Å². The van der Waals surface area contributed by atoms with Crippen LogP contribution in [0.3, 0.4) is 0 Å². The van der Waals surface area contributed by atoms with Gasteiger partial charge in [0.2, 0.25) is 0 Å². The third-order valence-corrected chi connectivity index (χ3v) is 5.32. The predicted molar refractivity (Wildman–Crippen MR) is 143 cm³/mol. The average Bonchev–Trinajstić information content (AvgIpc) is 2.89. The zero-order chi connectivity index (χ0) is 26.8. The molecule has 0 unspecified atom stereocenters. The van der Waals surface area contributed by atoms with Gasteiger partial charge in [0.25, 0.3) is 11.8 Å². The minimum absolute atomic E-state index is 0.0618. The molecule has 3 aromatic rings. The van der Waals surface area contributed by atoms with Crippen LogP contribution in [0.2, 0.25) is 0 Å². The Bertz CT molecular complexity index is 1360. The zero-order valence-electron chi connectivity index (χ0n) is 21.3. The maximum absolute atomic E-state index is 12.8. The summed E-state index contributed by atoms with van der Waals surface area (Å²) in [6.45, 7) is 5.73. The monoisotopic (exact) mass is 499 g/mol. The molecule has 8 nitrogen and oxygen atoms in total. The van der Waals surface area contributed by atoms with Crippen LogP contribution in [0.4, 0.5) is 11.4 Å². The molecule has 0 bridgehead atoms. The van der Waals surface area contributed by atoms with Gasteiger partial charge in [-0.3, -0.25) is 9.59 Å². The molecule has 0 fully saturated rings. The van der Waals surface area contributed by atoms with E-state index >= 15 is 0 Å². The van der Waals surface area contributed by atoms with Gasteiger partial charge < -0.3 is 24.8 Å². The summed E-state index contributed by atoms with van der Waals surface area (Å²) in [6, 6.07) is 19.7. The van der Waals surface area contributed by atoms with Crippen molar-refractivity contribution in [1.82, 2.24) is 0 Å². The Hall–Kier alpha value is -4.77. The van der Waals surface area contributed by atoms with Crippen molar-refractivity contribution in [3.63, 3.8) is 0 Å². The number of hydrogen-bond donors (Lipinski definition) is 2. The number of para-hydroxylation sites is 2. The van der Waals surface area contributed by atoms with Crippen molar-refractivity contribution in [2.45, 2.75) is 20.8 Å². The number of aryl methyl sites for hydroxylation is 2. The molecular weight excluding hydrogens is 470 g/mol. The lowest BCUT2D eigenvalue weighted by Gasteiger charge is -2.14. The summed E-state index contributed by atoms with van der Waals surface area (Å²) >= 11 is 0. The molecule has 2 amide bonds. The Morgan fingerprint density at radius 2 is 1.70 bits per heavy atom. The summed E-state index contributed by atoms with van der Waals surface area (Å²) < 4.78 is 16.6. The number of nitrogens with zero attached hydrogens (tertiary/aromatic N) is 1. The second-order valence-corrected chi connectivity index (χ2v) is 8.12. The Morgan fingerprint density at radius 3 is 2.43 bits per heavy atom. The summed E-state index contributed by atoms with van der Waals surface area (Å²) in [4.78, 5) is 25.2. The number of nitriles is 1. The first kappa shape index (κ1) is 26.8. The lowest BCUT2D eigenvalue weighted by Crippen LogP contribution is -2.20. The minimum Gasteiger partial charge on any atom is -0.495 e. The van der Waals surface area contributed by atoms with Crippen LogP contribution < -0.4 is 24.8 Å². The molecule has 0 spiro atoms. The maximum atomic E-state index is 12.8. The van der Waals surface area contributed by atoms with Gasteiger partial charge in [0.05, 0.1) is 19.4 Å². The first-order valence-electron chi connectivity index (χ1n) is 11.7. The second-order valence-electron chi connectivity index (χ2n) is 8.12. The second kappa shape index (κ2) is 12.8. The summed E-state index contributed by atoms with van der Waals surface area (Å²) in [7, 11) is 1.52. The van der Waals surface area contributed by atoms with Crippen LogP contribution in [0.1, 0.15) is 23.6 Å². The van der Waals surface area contributed by atoms with E-state index in [2.05, 4.69) is 10.6 Å². The van der Waals surface area contributed by atoms with E-state index in [-0.39, 0.29) is 18.1 Å². The third-order valence-electron chi connectivity index (χ3n) is 5.32. The lowest BCUT2D eigenvalue weighted by atomic mass is 10.1. The van der Waals surface area contributed by atoms with E-state index < -0.39 is 5.91 Å². The molecule has 3 aromatic carbocycles. The summed E-state index contributed by atoms with van der Waals surface area (Å²) in [5.74, 6) is 0.395. The van der Waals surface area contributed by atoms with Crippen molar-refractivity contribution in [1.29, 1.82) is 5.26 Å². The van der Waals surface area contributed by atoms with E-state index in [0.717, 1.165) is 11.1 Å². The lowest BCUT2D eigenvalue weighted by molar-refractivity contribution is -0.118. The van der Waals surface area contributed by atoms with Gasteiger partial charge >= 0.3 is 0 Å². The highest BCUT2D eigenvalue weighted by atomic mass is 16.5. The number of carbonyl (C=O) groups excluding carboxylic acids is 2. The smallest absolute Gasteiger partial charge is 0.266 e. The van der Waals surface area contributed by atoms with Gasteiger partial charge in [-0.25, -0.2) is 0 Å². The highest BCUT2D eigenvalue weighted by Crippen LogP contribution is 2.30. The number of methoxy groups -OCH3 is 1. The molecule has 0 aromatic heterocycles. The predicted octanol–water partition coefficient (Wildman–Crippen LogP) is 5.27. The molecule has 0 radical (unpaired) electrons. The molecule has 0 atom stereocenters. The molecule has 0 heterocycles. The number of hydrogen-bond acceptors (Lipinski definition) is 6. The Kier molecular flexibility index (Phi) is 9.28. The Morgan fingerprint density at radius 1 is 0.919 bits per heavy atom. The average molecular weight is 500 g/mol. The summed E-state index contributed by atoms with van der Waals surface area (Å²) in [5, 5.41) is 15.1. The number of ether oxygens (including phenoxy) is 3. The minimum atomic E-state index is -0.512. The van der Waals surface area contributed by atoms with Crippen molar-refractivity contribution in [3.8, 4) is 23.3 Å². The van der Waals surface area contributed by atoms with E-state index in [1.807, 2.05) is 45.0 Å². The number of rotatable bonds is 10. The molecule has 190 valence electrons. The first-order valence-corrected chi connectivity index (χ1v) is 11.7. The zero-order valence-corrected chi connectivity index (χ0v) is 21.3. The van der Waals surface area contributed by atoms with Crippen molar-refractivity contribution in [3.05, 3.63) is 82.9 Å². The van der Waals surface area contributed by atoms with Crippen molar-refractivity contribution in [2.75, 3.05) is 31.0 Å². The van der Waals surface area contributed by atoms with Crippen LogP contribution in [0.5, 0.6) is 17.2 Å². The van der Waals surface area contributed by atoms with E-state index in [1.54, 1.807) is 42.5 Å². The number of amides is 2. The number of anilines is 2. The van der Waals surface area contributed by atoms with E-state index in [0.29, 0.717) is 40.8 Å². The summed E-state index contributed by atoms with van der Waals surface area (Å²) in [5.41, 5.74) is 3.58. The molecule has 8 heteroatoms. The highest BCUT2D eigenvalue weighted by molar-refractivity contribution is 6.10.